The van der Waals surface area contributed by atoms with Crippen LogP contribution in [0.3, 0.4) is 0 Å². The number of carbonyl (C=O) groups excluding carboxylic acids is 2. The number of ketones is 1. The van der Waals surface area contributed by atoms with E-state index < -0.39 is 5.97 Å². The molecule has 0 amide bonds. The minimum Gasteiger partial charge on any atom is -0.485 e. The lowest BCUT2D eigenvalue weighted by atomic mass is 9.88. The van der Waals surface area contributed by atoms with Gasteiger partial charge in [0.25, 0.3) is 0 Å². The number of esters is 1. The summed E-state index contributed by atoms with van der Waals surface area (Å²) in [5.41, 5.74) is 1.90. The molecule has 1 fully saturated rings. The Hall–Kier alpha value is -3.64. The van der Waals surface area contributed by atoms with Gasteiger partial charge >= 0.3 is 5.97 Å². The van der Waals surface area contributed by atoms with Crippen molar-refractivity contribution in [3.8, 4) is 5.75 Å². The van der Waals surface area contributed by atoms with E-state index in [4.69, 9.17) is 13.9 Å². The summed E-state index contributed by atoms with van der Waals surface area (Å²) in [5, 5.41) is 3.20. The highest BCUT2D eigenvalue weighted by Crippen LogP contribution is 2.31. The molecule has 0 bridgehead atoms. The van der Waals surface area contributed by atoms with Crippen LogP contribution in [0.1, 0.15) is 41.8 Å². The summed E-state index contributed by atoms with van der Waals surface area (Å²) >= 11 is 0. The Kier molecular flexibility index (Phi) is 6.82. The monoisotopic (exact) mass is 471 g/mol. The lowest BCUT2D eigenvalue weighted by molar-refractivity contribution is -0.122. The Morgan fingerprint density at radius 2 is 1.77 bits per heavy atom. The molecular formula is C29H29NO5. The molecule has 2 heterocycles. The number of fused-ring (bicyclic) bond motifs is 2. The van der Waals surface area contributed by atoms with Crippen molar-refractivity contribution in [2.45, 2.75) is 25.7 Å². The second-order valence-electron chi connectivity index (χ2n) is 8.98. The number of nitrogens with zero attached hydrogens (tertiary/aromatic N) is 1. The number of ether oxygens (including phenoxy) is 2. The largest absolute Gasteiger partial charge is 0.485 e. The highest BCUT2D eigenvalue weighted by atomic mass is 16.5. The normalized spacial score (nSPS) is 14.9. The van der Waals surface area contributed by atoms with Gasteiger partial charge in [0.2, 0.25) is 5.76 Å². The fourth-order valence-electron chi connectivity index (χ4n) is 4.80. The lowest BCUT2D eigenvalue weighted by Gasteiger charge is -2.31. The van der Waals surface area contributed by atoms with Crippen molar-refractivity contribution in [2.75, 3.05) is 32.8 Å². The van der Waals surface area contributed by atoms with Gasteiger partial charge in [-0.1, -0.05) is 48.5 Å². The first-order valence-corrected chi connectivity index (χ1v) is 12.2. The Labute approximate surface area is 204 Å². The summed E-state index contributed by atoms with van der Waals surface area (Å²) in [5.74, 6) is 0.677. The number of benzene rings is 3. The van der Waals surface area contributed by atoms with Crippen LogP contribution in [0.2, 0.25) is 0 Å². The maximum Gasteiger partial charge on any atom is 0.374 e. The minimum absolute atomic E-state index is 0.0242. The van der Waals surface area contributed by atoms with Gasteiger partial charge < -0.3 is 13.9 Å². The first kappa shape index (κ1) is 23.1. The van der Waals surface area contributed by atoms with Gasteiger partial charge in [0, 0.05) is 6.07 Å². The number of rotatable bonds is 8. The third-order valence-electron chi connectivity index (χ3n) is 6.62. The Morgan fingerprint density at radius 1 is 0.971 bits per heavy atom. The predicted molar refractivity (Wildman–Crippen MR) is 135 cm³/mol. The minimum atomic E-state index is -0.516. The van der Waals surface area contributed by atoms with Gasteiger partial charge in [-0.2, -0.15) is 0 Å². The first-order chi connectivity index (χ1) is 17.1. The summed E-state index contributed by atoms with van der Waals surface area (Å²) in [6, 6.07) is 22.1. The smallest absolute Gasteiger partial charge is 0.374 e. The zero-order chi connectivity index (χ0) is 24.2. The molecule has 0 aliphatic carbocycles. The van der Waals surface area contributed by atoms with Crippen LogP contribution in [-0.4, -0.2) is 49.5 Å². The van der Waals surface area contributed by atoms with Crippen molar-refractivity contribution < 1.29 is 23.5 Å². The van der Waals surface area contributed by atoms with Crippen LogP contribution in [0, 0.1) is 0 Å². The lowest BCUT2D eigenvalue weighted by Crippen LogP contribution is -2.38. The molecular weight excluding hydrogens is 442 g/mol. The van der Waals surface area contributed by atoms with E-state index in [1.54, 1.807) is 31.2 Å². The number of Topliss-reactive ketones (excluding diaryl/α,β-unsaturated/α-hetero) is 1. The predicted octanol–water partition coefficient (Wildman–Crippen LogP) is 5.59. The molecule has 6 nitrogen and oxygen atoms in total. The molecule has 0 spiro atoms. The van der Waals surface area contributed by atoms with Crippen molar-refractivity contribution in [1.82, 2.24) is 4.90 Å². The van der Waals surface area contributed by atoms with E-state index in [-0.39, 0.29) is 24.8 Å². The second-order valence-corrected chi connectivity index (χ2v) is 8.98. The van der Waals surface area contributed by atoms with Crippen LogP contribution in [0.25, 0.3) is 21.7 Å². The zero-order valence-corrected chi connectivity index (χ0v) is 19.9. The topological polar surface area (TPSA) is 69.0 Å². The number of piperidine rings is 1. The average molecular weight is 472 g/mol. The molecule has 4 aromatic rings. The van der Waals surface area contributed by atoms with E-state index in [1.165, 1.54) is 16.3 Å². The Bertz CT molecular complexity index is 1350. The van der Waals surface area contributed by atoms with Crippen LogP contribution < -0.4 is 4.74 Å². The van der Waals surface area contributed by atoms with Crippen molar-refractivity contribution in [2.24, 2.45) is 0 Å². The standard InChI is InChI=1S/C29H29NO5/c1-2-33-29(32)28-17-25-26(8-5-9-27(25)35-28)34-19-24(31)18-30-14-12-21(13-15-30)23-11-10-20-6-3-4-7-22(20)16-23/h3-11,16-17,21H,2,12-15,18-19H2,1H3. The van der Waals surface area contributed by atoms with Gasteiger partial charge in [-0.25, -0.2) is 4.79 Å². The van der Waals surface area contributed by atoms with Gasteiger partial charge in [0.1, 0.15) is 17.9 Å². The molecule has 0 atom stereocenters. The third-order valence-corrected chi connectivity index (χ3v) is 6.62. The quantitative estimate of drug-likeness (QED) is 0.312. The van der Waals surface area contributed by atoms with Crippen molar-refractivity contribution in [1.29, 1.82) is 0 Å². The third kappa shape index (κ3) is 5.23. The van der Waals surface area contributed by atoms with E-state index in [2.05, 4.69) is 47.4 Å². The first-order valence-electron chi connectivity index (χ1n) is 12.2. The summed E-state index contributed by atoms with van der Waals surface area (Å²) in [6.45, 7) is 4.15. The van der Waals surface area contributed by atoms with Crippen LogP contribution in [0.5, 0.6) is 5.75 Å². The summed E-state index contributed by atoms with van der Waals surface area (Å²) in [6.07, 6.45) is 2.08. The van der Waals surface area contributed by atoms with Gasteiger partial charge in [-0.05, 0) is 67.2 Å². The van der Waals surface area contributed by atoms with Gasteiger partial charge in [0.05, 0.1) is 18.5 Å². The maximum atomic E-state index is 12.7. The molecule has 0 saturated carbocycles. The highest BCUT2D eigenvalue weighted by molar-refractivity contribution is 5.95. The van der Waals surface area contributed by atoms with Crippen molar-refractivity contribution >= 4 is 33.5 Å². The molecule has 35 heavy (non-hydrogen) atoms. The molecule has 1 aliphatic rings. The molecule has 180 valence electrons. The van der Waals surface area contributed by atoms with Gasteiger partial charge in [-0.3, -0.25) is 9.69 Å². The van der Waals surface area contributed by atoms with E-state index >= 15 is 0 Å². The molecule has 0 radical (unpaired) electrons. The molecule has 3 aromatic carbocycles. The van der Waals surface area contributed by atoms with E-state index in [0.29, 0.717) is 29.2 Å². The molecule has 0 N–H and O–H groups in total. The second kappa shape index (κ2) is 10.3. The van der Waals surface area contributed by atoms with Gasteiger partial charge in [0.15, 0.2) is 5.78 Å². The van der Waals surface area contributed by atoms with Crippen LogP contribution in [0.4, 0.5) is 0 Å². The van der Waals surface area contributed by atoms with E-state index in [0.717, 1.165) is 25.9 Å². The van der Waals surface area contributed by atoms with Crippen molar-refractivity contribution in [3.05, 3.63) is 78.1 Å². The fraction of sp³-hybridized carbons (Fsp3) is 0.310. The average Bonchev–Trinajstić information content (AvgIpc) is 3.33. The molecule has 5 rings (SSSR count). The SMILES string of the molecule is CCOC(=O)c1cc2c(OCC(=O)CN3CCC(c4ccc5ccccc5c4)CC3)cccc2o1. The summed E-state index contributed by atoms with van der Waals surface area (Å²) < 4.78 is 16.4. The van der Waals surface area contributed by atoms with Crippen LogP contribution in [0.15, 0.2) is 71.1 Å². The maximum absolute atomic E-state index is 12.7. The fourth-order valence-corrected chi connectivity index (χ4v) is 4.80. The number of carbonyl (C=O) groups is 2. The van der Waals surface area contributed by atoms with Gasteiger partial charge in [-0.15, -0.1) is 0 Å². The number of hydrogen-bond donors (Lipinski definition) is 0. The van der Waals surface area contributed by atoms with Crippen LogP contribution >= 0.6 is 0 Å². The number of furan rings is 1. The molecule has 1 aromatic heterocycles. The molecule has 1 saturated heterocycles. The van der Waals surface area contributed by atoms with Crippen LogP contribution in [-0.2, 0) is 9.53 Å². The number of hydrogen-bond acceptors (Lipinski definition) is 6. The Morgan fingerprint density at radius 3 is 2.57 bits per heavy atom. The number of likely N-dealkylation sites (tertiary alicyclic amines) is 1. The summed E-state index contributed by atoms with van der Waals surface area (Å²) in [7, 11) is 0. The van der Waals surface area contributed by atoms with E-state index in [9.17, 15) is 9.59 Å². The molecule has 6 heteroatoms. The van der Waals surface area contributed by atoms with E-state index in [1.807, 2.05) is 0 Å². The zero-order valence-electron chi connectivity index (χ0n) is 19.9. The molecule has 0 unspecified atom stereocenters. The Balaban J connectivity index is 1.14. The summed E-state index contributed by atoms with van der Waals surface area (Å²) in [4.78, 5) is 26.8. The molecule has 1 aliphatic heterocycles. The van der Waals surface area contributed by atoms with Crippen molar-refractivity contribution in [3.63, 3.8) is 0 Å². The highest BCUT2D eigenvalue weighted by Gasteiger charge is 2.23.